The van der Waals surface area contributed by atoms with E-state index in [1.54, 1.807) is 6.26 Å². The Bertz CT molecular complexity index is 818. The second-order valence-electron chi connectivity index (χ2n) is 4.37. The minimum Gasteiger partial charge on any atom is -0.457 e. The van der Waals surface area contributed by atoms with Crippen molar-refractivity contribution in [3.05, 3.63) is 55.2 Å². The Hall–Kier alpha value is -1.31. The van der Waals surface area contributed by atoms with Gasteiger partial charge in [0.2, 0.25) is 0 Å². The summed E-state index contributed by atoms with van der Waals surface area (Å²) < 4.78 is 6.89. The molecule has 20 heavy (non-hydrogen) atoms. The molecule has 104 valence electrons. The highest BCUT2D eigenvalue weighted by Gasteiger charge is 2.20. The number of furan rings is 1. The Balaban J connectivity index is 2.18. The lowest BCUT2D eigenvalue weighted by Crippen LogP contribution is -2.18. The van der Waals surface area contributed by atoms with Gasteiger partial charge in [0.1, 0.15) is 0 Å². The summed E-state index contributed by atoms with van der Waals surface area (Å²) in [6.45, 7) is 0. The molecule has 0 saturated carbocycles. The molecular formula is C13H11Br2N3O2. The number of H-pyrrole nitrogens is 2. The van der Waals surface area contributed by atoms with Crippen LogP contribution < -0.4 is 11.0 Å². The number of nitrogens with one attached hydrogen (secondary N) is 3. The molecule has 0 radical (unpaired) electrons. The van der Waals surface area contributed by atoms with Gasteiger partial charge in [0.05, 0.1) is 23.3 Å². The van der Waals surface area contributed by atoms with Crippen LogP contribution in [0.25, 0.3) is 11.0 Å². The summed E-state index contributed by atoms with van der Waals surface area (Å²) in [6, 6.07) is 5.68. The van der Waals surface area contributed by atoms with Crippen molar-refractivity contribution in [2.24, 2.45) is 0 Å². The highest BCUT2D eigenvalue weighted by atomic mass is 79.9. The van der Waals surface area contributed by atoms with E-state index in [0.717, 1.165) is 26.6 Å². The standard InChI is InChI=1S/C13H11Br2N3O2/c1-16-11(6-2-3-20-12(6)15)7-4-9-10(5-8(7)14)18-13(19)17-9/h2-5,11,16H,1H3,(H2,17,18,19). The summed E-state index contributed by atoms with van der Waals surface area (Å²) in [5.74, 6) is 0. The zero-order valence-corrected chi connectivity index (χ0v) is 13.6. The Morgan fingerprint density at radius 3 is 2.50 bits per heavy atom. The lowest BCUT2D eigenvalue weighted by molar-refractivity contribution is 0.530. The topological polar surface area (TPSA) is 73.8 Å². The van der Waals surface area contributed by atoms with Crippen molar-refractivity contribution in [2.45, 2.75) is 6.04 Å². The molecule has 3 rings (SSSR count). The van der Waals surface area contributed by atoms with Crippen molar-refractivity contribution in [3.63, 3.8) is 0 Å². The van der Waals surface area contributed by atoms with Crippen LogP contribution in [0.1, 0.15) is 17.2 Å². The third-order valence-electron chi connectivity index (χ3n) is 3.19. The van der Waals surface area contributed by atoms with E-state index in [1.165, 1.54) is 0 Å². The zero-order valence-electron chi connectivity index (χ0n) is 10.5. The molecule has 0 amide bonds. The molecule has 2 heterocycles. The first-order valence-electron chi connectivity index (χ1n) is 5.91. The summed E-state index contributed by atoms with van der Waals surface area (Å²) in [5.41, 5.74) is 3.33. The largest absolute Gasteiger partial charge is 0.457 e. The quantitative estimate of drug-likeness (QED) is 0.631. The highest BCUT2D eigenvalue weighted by molar-refractivity contribution is 9.10. The lowest BCUT2D eigenvalue weighted by atomic mass is 10.0. The van der Waals surface area contributed by atoms with Gasteiger partial charge in [0.15, 0.2) is 4.67 Å². The monoisotopic (exact) mass is 399 g/mol. The minimum absolute atomic E-state index is 0.0553. The maximum atomic E-state index is 11.4. The average molecular weight is 401 g/mol. The summed E-state index contributed by atoms with van der Waals surface area (Å²) in [7, 11) is 1.88. The summed E-state index contributed by atoms with van der Waals surface area (Å²) in [5, 5.41) is 3.25. The van der Waals surface area contributed by atoms with Crippen molar-refractivity contribution in [1.82, 2.24) is 15.3 Å². The van der Waals surface area contributed by atoms with E-state index in [4.69, 9.17) is 4.42 Å². The number of hydrogen-bond acceptors (Lipinski definition) is 3. The molecule has 1 unspecified atom stereocenters. The van der Waals surface area contributed by atoms with Crippen molar-refractivity contribution in [2.75, 3.05) is 7.05 Å². The number of aromatic nitrogens is 2. The molecule has 3 aromatic rings. The molecule has 1 aromatic carbocycles. The molecule has 0 spiro atoms. The Morgan fingerprint density at radius 2 is 1.90 bits per heavy atom. The third kappa shape index (κ3) is 2.25. The van der Waals surface area contributed by atoms with E-state index in [9.17, 15) is 4.79 Å². The summed E-state index contributed by atoms with van der Waals surface area (Å²) >= 11 is 6.95. The normalized spacial score (nSPS) is 12.9. The average Bonchev–Trinajstić information content (AvgIpc) is 2.96. The minimum atomic E-state index is -0.213. The highest BCUT2D eigenvalue weighted by Crippen LogP contribution is 2.34. The Labute approximate surface area is 131 Å². The van der Waals surface area contributed by atoms with Crippen LogP contribution in [0.5, 0.6) is 0 Å². The third-order valence-corrected chi connectivity index (χ3v) is 4.52. The van der Waals surface area contributed by atoms with Crippen LogP contribution in [-0.2, 0) is 0 Å². The van der Waals surface area contributed by atoms with E-state index in [0.29, 0.717) is 4.67 Å². The van der Waals surface area contributed by atoms with Crippen LogP contribution in [0, 0.1) is 0 Å². The fourth-order valence-electron chi connectivity index (χ4n) is 2.28. The maximum Gasteiger partial charge on any atom is 0.323 e. The van der Waals surface area contributed by atoms with Crippen molar-refractivity contribution in [1.29, 1.82) is 0 Å². The van der Waals surface area contributed by atoms with Crippen LogP contribution in [0.3, 0.4) is 0 Å². The van der Waals surface area contributed by atoms with E-state index in [2.05, 4.69) is 47.1 Å². The fraction of sp³-hybridized carbons (Fsp3) is 0.154. The van der Waals surface area contributed by atoms with E-state index in [-0.39, 0.29) is 11.7 Å². The number of hydrogen-bond donors (Lipinski definition) is 3. The van der Waals surface area contributed by atoms with Crippen LogP contribution in [0.15, 0.2) is 42.8 Å². The van der Waals surface area contributed by atoms with Gasteiger partial charge in [-0.1, -0.05) is 15.9 Å². The second-order valence-corrected chi connectivity index (χ2v) is 5.94. The van der Waals surface area contributed by atoms with Gasteiger partial charge in [0, 0.05) is 10.0 Å². The number of aromatic amines is 2. The molecule has 0 bridgehead atoms. The van der Waals surface area contributed by atoms with Crippen LogP contribution in [-0.4, -0.2) is 17.0 Å². The molecule has 0 aliphatic rings. The molecule has 7 heteroatoms. The number of imidazole rings is 1. The van der Waals surface area contributed by atoms with Crippen LogP contribution in [0.4, 0.5) is 0 Å². The molecule has 3 N–H and O–H groups in total. The van der Waals surface area contributed by atoms with Gasteiger partial charge in [-0.15, -0.1) is 0 Å². The fourth-order valence-corrected chi connectivity index (χ4v) is 3.32. The first-order chi connectivity index (χ1) is 9.60. The molecule has 0 saturated heterocycles. The van der Waals surface area contributed by atoms with E-state index in [1.807, 2.05) is 25.2 Å². The van der Waals surface area contributed by atoms with Gasteiger partial charge in [-0.25, -0.2) is 4.79 Å². The number of rotatable bonds is 3. The van der Waals surface area contributed by atoms with Crippen LogP contribution in [0.2, 0.25) is 0 Å². The van der Waals surface area contributed by atoms with Gasteiger partial charge in [-0.3, -0.25) is 0 Å². The van der Waals surface area contributed by atoms with Crippen molar-refractivity contribution < 1.29 is 4.42 Å². The zero-order chi connectivity index (χ0) is 14.3. The molecular weight excluding hydrogens is 390 g/mol. The Kier molecular flexibility index (Phi) is 3.57. The van der Waals surface area contributed by atoms with E-state index >= 15 is 0 Å². The number of benzene rings is 1. The predicted octanol–water partition coefficient (Wildman–Crippen LogP) is 3.28. The van der Waals surface area contributed by atoms with E-state index < -0.39 is 0 Å². The van der Waals surface area contributed by atoms with Gasteiger partial charge in [-0.05, 0) is 46.7 Å². The molecule has 0 aliphatic heterocycles. The predicted molar refractivity (Wildman–Crippen MR) is 83.9 cm³/mol. The lowest BCUT2D eigenvalue weighted by Gasteiger charge is -2.17. The number of fused-ring (bicyclic) bond motifs is 1. The maximum absolute atomic E-state index is 11.4. The smallest absolute Gasteiger partial charge is 0.323 e. The first-order valence-corrected chi connectivity index (χ1v) is 7.50. The first kappa shape index (κ1) is 13.7. The van der Waals surface area contributed by atoms with Crippen molar-refractivity contribution in [3.8, 4) is 0 Å². The number of halogens is 2. The molecule has 5 nitrogen and oxygen atoms in total. The van der Waals surface area contributed by atoms with Gasteiger partial charge < -0.3 is 19.7 Å². The molecule has 0 fully saturated rings. The van der Waals surface area contributed by atoms with Gasteiger partial charge in [0.25, 0.3) is 0 Å². The summed E-state index contributed by atoms with van der Waals surface area (Å²) in [4.78, 5) is 16.9. The van der Waals surface area contributed by atoms with Gasteiger partial charge >= 0.3 is 5.69 Å². The molecule has 2 aromatic heterocycles. The molecule has 0 aliphatic carbocycles. The van der Waals surface area contributed by atoms with Gasteiger partial charge in [-0.2, -0.15) is 0 Å². The molecule has 1 atom stereocenters. The Morgan fingerprint density at radius 1 is 1.20 bits per heavy atom. The second kappa shape index (κ2) is 5.23. The van der Waals surface area contributed by atoms with Crippen LogP contribution >= 0.6 is 31.9 Å². The van der Waals surface area contributed by atoms with Crippen molar-refractivity contribution >= 4 is 42.9 Å². The SMILES string of the molecule is CNC(c1cc2[nH]c(=O)[nH]c2cc1Br)c1ccoc1Br. The summed E-state index contributed by atoms with van der Waals surface area (Å²) in [6.07, 6.45) is 1.63.